The number of benzene rings is 3. The van der Waals surface area contributed by atoms with Gasteiger partial charge in [-0.15, -0.1) is 0 Å². The summed E-state index contributed by atoms with van der Waals surface area (Å²) in [6, 6.07) is 18.7. The number of nitrogens with zero attached hydrogens (tertiary/aromatic N) is 1. The van der Waals surface area contributed by atoms with Gasteiger partial charge in [0.25, 0.3) is 5.91 Å². The number of methoxy groups -OCH3 is 3. The van der Waals surface area contributed by atoms with Gasteiger partial charge in [-0.3, -0.25) is 9.59 Å². The lowest BCUT2D eigenvalue weighted by Gasteiger charge is -2.40. The number of amides is 2. The van der Waals surface area contributed by atoms with Crippen LogP contribution in [0.4, 0.5) is 0 Å². The standard InChI is InChI=1S/C35H36N2O9/c1-42-22-11-12-26(43-2)20(17-22)13-15-37(35(41)29-18-21-7-6-10-28(44-3)32(21)46-29)25-19-24(34(40)36-14-16-38)30-23-8-4-5-9-27(23)45-33(30)31(25)39/h4-12,17-19,25,30-31,33,38-39H,13-16H2,1-3H3,(H,36,40). The number of carbonyl (C=O) groups is 2. The lowest BCUT2D eigenvalue weighted by molar-refractivity contribution is -0.118. The topological polar surface area (TPSA) is 140 Å². The van der Waals surface area contributed by atoms with Gasteiger partial charge in [0.2, 0.25) is 5.91 Å². The van der Waals surface area contributed by atoms with Crippen LogP contribution >= 0.6 is 0 Å². The smallest absolute Gasteiger partial charge is 0.290 e. The van der Waals surface area contributed by atoms with Crippen LogP contribution in [0.1, 0.15) is 27.6 Å². The normalized spacial score (nSPS) is 19.8. The minimum Gasteiger partial charge on any atom is -0.497 e. The highest BCUT2D eigenvalue weighted by Gasteiger charge is 2.50. The van der Waals surface area contributed by atoms with Crippen molar-refractivity contribution in [1.82, 2.24) is 10.2 Å². The molecule has 0 spiro atoms. The predicted molar refractivity (Wildman–Crippen MR) is 169 cm³/mol. The maximum atomic E-state index is 14.4. The van der Waals surface area contributed by atoms with Crippen molar-refractivity contribution in [1.29, 1.82) is 0 Å². The Hall–Kier alpha value is -5.00. The third kappa shape index (κ3) is 5.63. The zero-order valence-corrected chi connectivity index (χ0v) is 25.8. The Morgan fingerprint density at radius 3 is 2.52 bits per heavy atom. The van der Waals surface area contributed by atoms with Crippen LogP contribution < -0.4 is 24.3 Å². The van der Waals surface area contributed by atoms with Crippen LogP contribution in [0, 0.1) is 0 Å². The average Bonchev–Trinajstić information content (AvgIpc) is 3.70. The van der Waals surface area contributed by atoms with E-state index in [0.717, 1.165) is 11.1 Å². The Morgan fingerprint density at radius 1 is 0.957 bits per heavy atom. The first-order valence-corrected chi connectivity index (χ1v) is 15.0. The van der Waals surface area contributed by atoms with Gasteiger partial charge in [-0.05, 0) is 54.5 Å². The quantitative estimate of drug-likeness (QED) is 0.228. The van der Waals surface area contributed by atoms with E-state index in [-0.39, 0.29) is 25.5 Å². The minimum absolute atomic E-state index is 0.0433. The average molecular weight is 629 g/mol. The molecule has 2 aliphatic rings. The molecule has 1 aromatic heterocycles. The molecule has 4 atom stereocenters. The Kier molecular flexibility index (Phi) is 8.87. The molecule has 4 aromatic rings. The molecule has 1 aliphatic heterocycles. The molecular formula is C35H36N2O9. The van der Waals surface area contributed by atoms with Crippen LogP contribution in [-0.4, -0.2) is 86.2 Å². The summed E-state index contributed by atoms with van der Waals surface area (Å²) in [5, 5.41) is 24.7. The van der Waals surface area contributed by atoms with Crippen molar-refractivity contribution >= 4 is 22.8 Å². The molecule has 6 rings (SSSR count). The summed E-state index contributed by atoms with van der Waals surface area (Å²) in [6.07, 6.45) is -0.0939. The molecule has 0 fully saturated rings. The lowest BCUT2D eigenvalue weighted by Crippen LogP contribution is -2.56. The van der Waals surface area contributed by atoms with Gasteiger partial charge in [-0.25, -0.2) is 0 Å². The molecule has 1 aliphatic carbocycles. The van der Waals surface area contributed by atoms with Crippen molar-refractivity contribution in [2.45, 2.75) is 30.6 Å². The molecule has 2 amide bonds. The molecule has 11 heteroatoms. The maximum absolute atomic E-state index is 14.4. The van der Waals surface area contributed by atoms with Crippen molar-refractivity contribution in [3.63, 3.8) is 0 Å². The van der Waals surface area contributed by atoms with Crippen LogP contribution in [0.5, 0.6) is 23.0 Å². The van der Waals surface area contributed by atoms with Gasteiger partial charge in [0.05, 0.1) is 39.9 Å². The van der Waals surface area contributed by atoms with Crippen LogP contribution in [0.3, 0.4) is 0 Å². The van der Waals surface area contributed by atoms with Crippen molar-refractivity contribution < 1.29 is 43.2 Å². The number of carbonyl (C=O) groups excluding carboxylic acids is 2. The zero-order chi connectivity index (χ0) is 32.4. The fourth-order valence-corrected chi connectivity index (χ4v) is 6.34. The second kappa shape index (κ2) is 13.2. The fraction of sp³-hybridized carbons (Fsp3) is 0.314. The summed E-state index contributed by atoms with van der Waals surface area (Å²) in [5.74, 6) is 0.819. The first kappa shape index (κ1) is 31.0. The van der Waals surface area contributed by atoms with Crippen molar-refractivity contribution in [3.8, 4) is 23.0 Å². The number of rotatable bonds is 11. The number of hydrogen-bond donors (Lipinski definition) is 3. The van der Waals surface area contributed by atoms with Gasteiger partial charge in [-0.1, -0.05) is 30.3 Å². The monoisotopic (exact) mass is 628 g/mol. The summed E-state index contributed by atoms with van der Waals surface area (Å²) < 4.78 is 28.8. The molecule has 240 valence electrons. The van der Waals surface area contributed by atoms with Gasteiger partial charge in [0.15, 0.2) is 17.1 Å². The van der Waals surface area contributed by atoms with Crippen molar-refractivity contribution in [3.05, 3.63) is 95.3 Å². The number of fused-ring (bicyclic) bond motifs is 4. The molecule has 0 bridgehead atoms. The Morgan fingerprint density at radius 2 is 1.76 bits per heavy atom. The lowest BCUT2D eigenvalue weighted by atomic mass is 9.77. The van der Waals surface area contributed by atoms with Crippen LogP contribution in [0.15, 0.2) is 82.8 Å². The van der Waals surface area contributed by atoms with E-state index in [1.165, 1.54) is 12.0 Å². The second-order valence-electron chi connectivity index (χ2n) is 11.1. The van der Waals surface area contributed by atoms with Crippen molar-refractivity contribution in [2.24, 2.45) is 0 Å². The second-order valence-corrected chi connectivity index (χ2v) is 11.1. The molecular weight excluding hydrogens is 592 g/mol. The fourth-order valence-electron chi connectivity index (χ4n) is 6.34. The van der Waals surface area contributed by atoms with E-state index >= 15 is 0 Å². The number of ether oxygens (including phenoxy) is 4. The molecule has 11 nitrogen and oxygen atoms in total. The van der Waals surface area contributed by atoms with E-state index in [2.05, 4.69) is 5.32 Å². The number of furan rings is 1. The first-order chi connectivity index (χ1) is 22.4. The van der Waals surface area contributed by atoms with E-state index in [1.807, 2.05) is 30.3 Å². The molecule has 0 saturated heterocycles. The highest BCUT2D eigenvalue weighted by molar-refractivity contribution is 5.99. The van der Waals surface area contributed by atoms with Crippen LogP contribution in [0.25, 0.3) is 11.0 Å². The molecule has 0 radical (unpaired) electrons. The van der Waals surface area contributed by atoms with Gasteiger partial charge < -0.3 is 43.8 Å². The number of aliphatic hydroxyl groups is 2. The third-order valence-corrected chi connectivity index (χ3v) is 8.55. The molecule has 46 heavy (non-hydrogen) atoms. The Balaban J connectivity index is 1.44. The SMILES string of the molecule is COc1ccc(OC)c(CCN(C(=O)c2cc3cccc(OC)c3o2)C2C=C(C(=O)NCCO)C3c4ccccc4OC3C2O)c1. The largest absolute Gasteiger partial charge is 0.497 e. The van der Waals surface area contributed by atoms with Crippen LogP contribution in [-0.2, 0) is 11.2 Å². The van der Waals surface area contributed by atoms with Crippen molar-refractivity contribution in [2.75, 3.05) is 41.0 Å². The predicted octanol–water partition coefficient (Wildman–Crippen LogP) is 3.47. The Labute approximate surface area is 265 Å². The maximum Gasteiger partial charge on any atom is 0.290 e. The summed E-state index contributed by atoms with van der Waals surface area (Å²) >= 11 is 0. The summed E-state index contributed by atoms with van der Waals surface area (Å²) in [6.45, 7) is -0.0816. The number of para-hydroxylation sites is 2. The summed E-state index contributed by atoms with van der Waals surface area (Å²) in [4.78, 5) is 29.5. The molecule has 4 unspecified atom stereocenters. The summed E-state index contributed by atoms with van der Waals surface area (Å²) in [5.41, 5.74) is 2.30. The van der Waals surface area contributed by atoms with Gasteiger partial charge >= 0.3 is 0 Å². The number of aliphatic hydroxyl groups excluding tert-OH is 2. The zero-order valence-electron chi connectivity index (χ0n) is 25.8. The van der Waals surface area contributed by atoms with E-state index in [1.54, 1.807) is 56.7 Å². The van der Waals surface area contributed by atoms with Crippen LogP contribution in [0.2, 0.25) is 0 Å². The first-order valence-electron chi connectivity index (χ1n) is 15.0. The third-order valence-electron chi connectivity index (χ3n) is 8.55. The highest BCUT2D eigenvalue weighted by atomic mass is 16.5. The van der Waals surface area contributed by atoms with E-state index in [0.29, 0.717) is 46.0 Å². The van der Waals surface area contributed by atoms with E-state index < -0.39 is 36.0 Å². The highest BCUT2D eigenvalue weighted by Crippen LogP contribution is 2.47. The van der Waals surface area contributed by atoms with Gasteiger partial charge in [0.1, 0.15) is 29.5 Å². The summed E-state index contributed by atoms with van der Waals surface area (Å²) in [7, 11) is 4.66. The van der Waals surface area contributed by atoms with E-state index in [9.17, 15) is 19.8 Å². The number of hydrogen-bond acceptors (Lipinski definition) is 9. The minimum atomic E-state index is -1.21. The molecule has 3 aromatic carbocycles. The van der Waals surface area contributed by atoms with E-state index in [4.69, 9.17) is 23.4 Å². The Bertz CT molecular complexity index is 1780. The molecule has 2 heterocycles. The number of nitrogens with one attached hydrogen (secondary N) is 1. The van der Waals surface area contributed by atoms with Gasteiger partial charge in [0, 0.05) is 29.6 Å². The molecule has 0 saturated carbocycles. The molecule has 3 N–H and O–H groups in total. The van der Waals surface area contributed by atoms with Gasteiger partial charge in [-0.2, -0.15) is 0 Å².